The van der Waals surface area contributed by atoms with Crippen molar-refractivity contribution in [1.29, 1.82) is 0 Å². The molecule has 8 saturated carbocycles. The summed E-state index contributed by atoms with van der Waals surface area (Å²) in [6.45, 7) is 8.42. The molecule has 18 rings (SSSR count). The molecule has 0 atom stereocenters. The van der Waals surface area contributed by atoms with Gasteiger partial charge in [-0.3, -0.25) is 0 Å². The van der Waals surface area contributed by atoms with Crippen LogP contribution in [0.25, 0.3) is 21.9 Å². The number of rotatable bonds is 1. The third-order valence-electron chi connectivity index (χ3n) is 17.8. The van der Waals surface area contributed by atoms with E-state index >= 15 is 0 Å². The van der Waals surface area contributed by atoms with E-state index in [0.29, 0.717) is 40.9 Å². The normalized spacial score (nSPS) is 15.2. The predicted molar refractivity (Wildman–Crippen MR) is 446 cm³/mol. The van der Waals surface area contributed by atoms with E-state index < -0.39 is 0 Å². The van der Waals surface area contributed by atoms with Crippen molar-refractivity contribution in [2.24, 2.45) is 46.8 Å². The Labute approximate surface area is 644 Å². The number of aryl methyl sites for hydroxylation is 3. The summed E-state index contributed by atoms with van der Waals surface area (Å²) in [5.74, 6) is 56.3. The van der Waals surface area contributed by atoms with E-state index in [2.05, 4.69) is 288 Å². The first-order valence-corrected chi connectivity index (χ1v) is 39.5. The van der Waals surface area contributed by atoms with Gasteiger partial charge in [-0.15, -0.1) is 0 Å². The Balaban J connectivity index is 0.000000120. The first-order chi connectivity index (χ1) is 50.8. The van der Waals surface area contributed by atoms with Gasteiger partial charge in [0.2, 0.25) is 0 Å². The molecule has 10 aromatic rings. The van der Waals surface area contributed by atoms with E-state index in [0.717, 1.165) is 59.4 Å². The van der Waals surface area contributed by atoms with Crippen molar-refractivity contribution < 1.29 is 0 Å². The molecule has 0 aliphatic heterocycles. The predicted octanol–water partition coefficient (Wildman–Crippen LogP) is 25.9. The second kappa shape index (κ2) is 39.4. The van der Waals surface area contributed by atoms with Crippen LogP contribution < -0.4 is 0 Å². The number of hydrogen-bond acceptors (Lipinski definition) is 1. The first-order valence-electron chi connectivity index (χ1n) is 37.0. The molecular formula is C100H89BrCl2S. The van der Waals surface area contributed by atoms with Gasteiger partial charge in [0, 0.05) is 111 Å². The highest BCUT2D eigenvalue weighted by molar-refractivity contribution is 9.10. The molecule has 1 aromatic heterocycles. The van der Waals surface area contributed by atoms with Gasteiger partial charge in [-0.05, 0) is 271 Å². The van der Waals surface area contributed by atoms with Crippen LogP contribution >= 0.6 is 50.5 Å². The lowest BCUT2D eigenvalue weighted by Crippen LogP contribution is -1.84. The summed E-state index contributed by atoms with van der Waals surface area (Å²) in [5, 5.41) is 8.28. The minimum absolute atomic E-state index is 0.343. The molecule has 0 spiro atoms. The van der Waals surface area contributed by atoms with Gasteiger partial charge in [0.15, 0.2) is 0 Å². The Kier molecular flexibility index (Phi) is 28.6. The van der Waals surface area contributed by atoms with E-state index in [9.17, 15) is 0 Å². The van der Waals surface area contributed by atoms with Gasteiger partial charge >= 0.3 is 0 Å². The van der Waals surface area contributed by atoms with Crippen molar-refractivity contribution in [2.75, 3.05) is 0 Å². The zero-order chi connectivity index (χ0) is 72.1. The minimum Gasteiger partial charge on any atom is -0.151 e. The van der Waals surface area contributed by atoms with Crippen LogP contribution in [0, 0.1) is 162 Å². The van der Waals surface area contributed by atoms with Gasteiger partial charge in [0.25, 0.3) is 0 Å². The summed E-state index contributed by atoms with van der Waals surface area (Å²) in [6.07, 6.45) is 20.6. The number of halogens is 3. The summed E-state index contributed by atoms with van der Waals surface area (Å²) in [6, 6.07) is 74.2. The Morgan fingerprint density at radius 3 is 1.32 bits per heavy atom. The lowest BCUT2D eigenvalue weighted by atomic mass is 10.0. The van der Waals surface area contributed by atoms with Gasteiger partial charge < -0.3 is 0 Å². The molecule has 0 unspecified atom stereocenters. The lowest BCUT2D eigenvalue weighted by Gasteiger charge is -2.00. The maximum atomic E-state index is 5.98. The van der Waals surface area contributed by atoms with E-state index in [1.54, 1.807) is 11.3 Å². The van der Waals surface area contributed by atoms with Gasteiger partial charge in [-0.25, -0.2) is 0 Å². The van der Waals surface area contributed by atoms with Gasteiger partial charge in [0.05, 0.1) is 0 Å². The smallest absolute Gasteiger partial charge is 0.0447 e. The Morgan fingerprint density at radius 1 is 0.356 bits per heavy atom. The number of thiophene rings is 1. The summed E-state index contributed by atoms with van der Waals surface area (Å²) in [4.78, 5) is 0. The molecule has 0 bridgehead atoms. The second-order valence-electron chi connectivity index (χ2n) is 28.3. The zero-order valence-electron chi connectivity index (χ0n) is 60.3. The molecule has 8 fully saturated rings. The third kappa shape index (κ3) is 29.7. The highest BCUT2D eigenvalue weighted by Gasteiger charge is 2.35. The number of benzene rings is 9. The molecule has 1 heterocycles. The van der Waals surface area contributed by atoms with Crippen LogP contribution in [0.3, 0.4) is 0 Å². The summed E-state index contributed by atoms with van der Waals surface area (Å²) < 4.78 is 1.13. The molecule has 104 heavy (non-hydrogen) atoms. The molecule has 0 N–H and O–H groups in total. The van der Waals surface area contributed by atoms with Gasteiger partial charge in [0.1, 0.15) is 0 Å². The molecule has 0 nitrogen and oxygen atoms in total. The van der Waals surface area contributed by atoms with Crippen LogP contribution in [0.4, 0.5) is 0 Å². The van der Waals surface area contributed by atoms with E-state index in [1.807, 2.05) is 79.7 Å². The lowest BCUT2D eigenvalue weighted by molar-refractivity contribution is 0.783. The molecule has 4 heteroatoms. The average molecular weight is 1470 g/mol. The Morgan fingerprint density at radius 2 is 0.798 bits per heavy atom. The summed E-state index contributed by atoms with van der Waals surface area (Å²) in [7, 11) is 0. The fourth-order valence-electron chi connectivity index (χ4n) is 9.71. The monoisotopic (exact) mass is 1470 g/mol. The van der Waals surface area contributed by atoms with Crippen LogP contribution in [-0.4, -0.2) is 0 Å². The second-order valence-corrected chi connectivity index (χ2v) is 30.8. The molecule has 0 amide bonds. The highest BCUT2D eigenvalue weighted by Crippen LogP contribution is 2.44. The maximum absolute atomic E-state index is 5.98. The summed E-state index contributed by atoms with van der Waals surface area (Å²) >= 11 is 16.9. The van der Waals surface area contributed by atoms with E-state index in [-0.39, 0.29) is 0 Å². The Hall–Kier alpha value is -9.52. The molecule has 8 aliphatic rings. The van der Waals surface area contributed by atoms with Crippen LogP contribution in [0.5, 0.6) is 0 Å². The first kappa shape index (κ1) is 75.6. The van der Waals surface area contributed by atoms with Crippen LogP contribution in [0.2, 0.25) is 10.0 Å². The summed E-state index contributed by atoms with van der Waals surface area (Å²) in [5.41, 5.74) is 15.5. The average Bonchev–Trinajstić information content (AvgIpc) is 1.34. The standard InChI is InChI=1S/C17H14.C15H12.C12H11Br.C12H11Cl.2C12H12.C11H9Cl.C9H8S/c1-2-4-16(5-3-1)17-12-10-15(11-13-17)9-8-14-6-7-14;1-2-7-15-13(4-1)5-3-6-14(15)11-10-12-8-9-12;1-9-8-12(13)7-6-11(9)5-4-10-2-3-10;1-9-2-3-11(8-12(9)13)7-6-10-4-5-10;1-10-3-2-4-12(9-10)8-7-11-5-6-11;1-12(9-10-12)8-7-11-5-3-2-4-6-11;12-11-3-1-2-10(8-11)7-6-9-4-5-9;1-2-8(1)3-4-9-5-6-10-7-9/h1-5,10-14H,6-7H2;1-7,12H,8-9H2;6-8,10H,2-3H2,1H3;2-3,8,10H,4-5H2,1H3;2-4,9,11H,5-6H2,1H3;2-6H,9-10H2,1H3;1-3,8-9H,4-5H2;5-8H,1-2H2. The maximum Gasteiger partial charge on any atom is 0.0447 e. The van der Waals surface area contributed by atoms with Crippen molar-refractivity contribution in [3.05, 3.63) is 305 Å². The largest absolute Gasteiger partial charge is 0.151 e. The quantitative estimate of drug-likeness (QED) is 0.144. The molecule has 516 valence electrons. The molecule has 0 radical (unpaired) electrons. The molecule has 0 saturated heterocycles. The van der Waals surface area contributed by atoms with Crippen molar-refractivity contribution in [3.8, 4) is 106 Å². The van der Waals surface area contributed by atoms with E-state index in [4.69, 9.17) is 23.2 Å². The van der Waals surface area contributed by atoms with Gasteiger partial charge in [-0.1, -0.05) is 255 Å². The fourth-order valence-corrected chi connectivity index (χ4v) is 11.1. The number of fused-ring (bicyclic) bond motifs is 1. The number of hydrogen-bond donors (Lipinski definition) is 0. The van der Waals surface area contributed by atoms with E-state index in [1.165, 1.54) is 147 Å². The fraction of sp³-hybridized carbons (Fsp3) is 0.280. The van der Waals surface area contributed by atoms with Gasteiger partial charge in [-0.2, -0.15) is 11.3 Å². The van der Waals surface area contributed by atoms with Crippen molar-refractivity contribution >= 4 is 61.2 Å². The SMILES string of the molecule is C(#CC1CC1)c1ccc(-c2ccccc2)cc1.C(#CC1CC1)c1cccc2ccccc12.C(#CC1CC1)c1ccsc1.CC1(C#Cc2ccccc2)CC1.Cc1cc(Br)ccc1C#CC1CC1.Cc1ccc(C#CC2CC2)cc1Cl.Cc1cccc(C#CC2CC2)c1.Clc1cccc(C#CC2CC2)c1. The third-order valence-corrected chi connectivity index (χ3v) is 19.6. The highest BCUT2D eigenvalue weighted by atomic mass is 79.9. The van der Waals surface area contributed by atoms with Crippen LogP contribution in [0.15, 0.2) is 234 Å². The van der Waals surface area contributed by atoms with Crippen molar-refractivity contribution in [2.45, 2.75) is 130 Å². The Bertz CT molecular complexity index is 4950. The molecular weight excluding hydrogens is 1380 g/mol. The van der Waals surface area contributed by atoms with Crippen LogP contribution in [-0.2, 0) is 0 Å². The van der Waals surface area contributed by atoms with Crippen molar-refractivity contribution in [1.82, 2.24) is 0 Å². The topological polar surface area (TPSA) is 0 Å². The van der Waals surface area contributed by atoms with Crippen molar-refractivity contribution in [3.63, 3.8) is 0 Å². The molecule has 8 aliphatic carbocycles. The van der Waals surface area contributed by atoms with Crippen LogP contribution in [0.1, 0.15) is 171 Å². The molecule has 9 aromatic carbocycles. The minimum atomic E-state index is 0.343. The zero-order valence-corrected chi connectivity index (χ0v) is 64.3.